The fourth-order valence-electron chi connectivity index (χ4n) is 2.83. The van der Waals surface area contributed by atoms with E-state index < -0.39 is 32.3 Å². The van der Waals surface area contributed by atoms with E-state index in [1.807, 2.05) is 0 Å². The summed E-state index contributed by atoms with van der Waals surface area (Å²) in [5, 5.41) is 9.57. The van der Waals surface area contributed by atoms with Gasteiger partial charge in [-0.05, 0) is 11.8 Å². The molecule has 118 valence electrons. The van der Waals surface area contributed by atoms with Gasteiger partial charge in [-0.15, -0.1) is 6.58 Å². The van der Waals surface area contributed by atoms with E-state index in [9.17, 15) is 22.9 Å². The minimum atomic E-state index is -4.64. The van der Waals surface area contributed by atoms with Crippen molar-refractivity contribution in [2.24, 2.45) is 5.41 Å². The van der Waals surface area contributed by atoms with Crippen LogP contribution in [-0.4, -0.2) is 60.5 Å². The van der Waals surface area contributed by atoms with Gasteiger partial charge in [0.05, 0.1) is 21.1 Å². The van der Waals surface area contributed by atoms with Crippen molar-refractivity contribution in [1.29, 1.82) is 0 Å². The number of carboxylic acids is 1. The van der Waals surface area contributed by atoms with Gasteiger partial charge in [0.25, 0.3) is 10.1 Å². The van der Waals surface area contributed by atoms with Crippen LogP contribution in [0.5, 0.6) is 0 Å². The molecule has 6 nitrogen and oxygen atoms in total. The minimum Gasteiger partial charge on any atom is -0.477 e. The topological polar surface area (TPSA) is 91.7 Å². The van der Waals surface area contributed by atoms with Gasteiger partial charge in [-0.1, -0.05) is 26.8 Å². The molecule has 7 heteroatoms. The van der Waals surface area contributed by atoms with Gasteiger partial charge in [0.15, 0.2) is 4.75 Å². The number of carboxylic acid groups (broad SMARTS) is 1. The molecule has 0 aromatic heterocycles. The number of quaternary nitrogens is 1. The maximum Gasteiger partial charge on any atom is 0.364 e. The van der Waals surface area contributed by atoms with Crippen molar-refractivity contribution >= 4 is 16.1 Å². The molecule has 0 fully saturated rings. The first kappa shape index (κ1) is 19.1. The Labute approximate surface area is 121 Å². The van der Waals surface area contributed by atoms with Crippen LogP contribution in [0.2, 0.25) is 0 Å². The van der Waals surface area contributed by atoms with E-state index in [2.05, 4.69) is 6.58 Å². The molecule has 0 amide bonds. The van der Waals surface area contributed by atoms with Crippen molar-refractivity contribution in [1.82, 2.24) is 0 Å². The molecule has 2 atom stereocenters. The maximum absolute atomic E-state index is 12.1. The Morgan fingerprint density at radius 2 is 1.70 bits per heavy atom. The summed E-state index contributed by atoms with van der Waals surface area (Å²) >= 11 is 0. The summed E-state index contributed by atoms with van der Waals surface area (Å²) in [6.07, 6.45) is 1.19. The second-order valence-electron chi connectivity index (χ2n) is 6.96. The number of likely N-dealkylation sites (N-methyl/N-ethyl adjacent to an activating group) is 1. The largest absolute Gasteiger partial charge is 0.477 e. The van der Waals surface area contributed by atoms with Crippen molar-refractivity contribution in [3.05, 3.63) is 12.7 Å². The van der Waals surface area contributed by atoms with Gasteiger partial charge in [0.1, 0.15) is 0 Å². The highest BCUT2D eigenvalue weighted by Crippen LogP contribution is 2.45. The summed E-state index contributed by atoms with van der Waals surface area (Å²) in [7, 11) is 0.131. The SMILES string of the molecule is C=CCC(C(C(=O)O)[N+](C)(C)C)(C(C)(C)C)S(=O)(=O)O. The van der Waals surface area contributed by atoms with Crippen LogP contribution in [0.15, 0.2) is 12.7 Å². The molecule has 0 bridgehead atoms. The third-order valence-corrected chi connectivity index (χ3v) is 5.55. The van der Waals surface area contributed by atoms with E-state index in [1.54, 1.807) is 41.9 Å². The summed E-state index contributed by atoms with van der Waals surface area (Å²) in [5.41, 5.74) is -0.997. The average molecular weight is 308 g/mol. The van der Waals surface area contributed by atoms with Crippen LogP contribution in [-0.2, 0) is 14.9 Å². The summed E-state index contributed by atoms with van der Waals surface area (Å²) < 4.78 is 32.1. The molecule has 0 aromatic carbocycles. The molecule has 0 rings (SSSR count). The molecule has 0 spiro atoms. The number of carbonyl (C=O) groups is 1. The van der Waals surface area contributed by atoms with Crippen LogP contribution < -0.4 is 0 Å². The van der Waals surface area contributed by atoms with E-state index in [0.717, 1.165) is 0 Å². The molecule has 0 aliphatic rings. The summed E-state index contributed by atoms with van der Waals surface area (Å²) in [5.74, 6) is -1.27. The first-order chi connectivity index (χ1) is 8.63. The van der Waals surface area contributed by atoms with Gasteiger partial charge in [0, 0.05) is 0 Å². The van der Waals surface area contributed by atoms with Crippen LogP contribution in [0.1, 0.15) is 27.2 Å². The van der Waals surface area contributed by atoms with Crippen LogP contribution in [0.4, 0.5) is 0 Å². The predicted molar refractivity (Wildman–Crippen MR) is 78.0 cm³/mol. The standard InChI is InChI=1S/C13H25NO5S/c1-8-9-13(12(2,3)4,20(17,18)19)10(11(15)16)14(5,6)7/h8,10H,1,9H2,2-7H3,(H-,15,16,17,18,19)/p+1. The van der Waals surface area contributed by atoms with E-state index in [1.165, 1.54) is 6.08 Å². The second kappa shape index (κ2) is 5.46. The Bertz CT molecular complexity index is 484. The molecule has 0 radical (unpaired) electrons. The van der Waals surface area contributed by atoms with Gasteiger partial charge in [-0.3, -0.25) is 4.55 Å². The highest BCUT2D eigenvalue weighted by molar-refractivity contribution is 7.87. The molecule has 0 aliphatic carbocycles. The molecular formula is C13H26NO5S+. The first-order valence-corrected chi connectivity index (χ1v) is 7.69. The van der Waals surface area contributed by atoms with Gasteiger partial charge >= 0.3 is 5.97 Å². The normalized spacial score (nSPS) is 18.1. The molecule has 0 aromatic rings. The van der Waals surface area contributed by atoms with Crippen molar-refractivity contribution in [2.45, 2.75) is 38.0 Å². The van der Waals surface area contributed by atoms with Crippen LogP contribution in [0.3, 0.4) is 0 Å². The van der Waals surface area contributed by atoms with Crippen LogP contribution >= 0.6 is 0 Å². The number of hydrogen-bond acceptors (Lipinski definition) is 3. The monoisotopic (exact) mass is 308 g/mol. The Morgan fingerprint density at radius 1 is 1.30 bits per heavy atom. The summed E-state index contributed by atoms with van der Waals surface area (Å²) in [4.78, 5) is 11.7. The number of hydrogen-bond donors (Lipinski definition) is 2. The van der Waals surface area contributed by atoms with Crippen LogP contribution in [0, 0.1) is 5.41 Å². The minimum absolute atomic E-state index is 0.139. The lowest BCUT2D eigenvalue weighted by molar-refractivity contribution is -0.890. The van der Waals surface area contributed by atoms with Gasteiger partial charge in [0.2, 0.25) is 6.04 Å². The maximum atomic E-state index is 12.1. The second-order valence-corrected chi connectivity index (χ2v) is 8.64. The molecule has 2 unspecified atom stereocenters. The summed E-state index contributed by atoms with van der Waals surface area (Å²) in [6, 6.07) is -1.34. The number of allylic oxidation sites excluding steroid dienone is 1. The average Bonchev–Trinajstić information content (AvgIpc) is 2.09. The van der Waals surface area contributed by atoms with Crippen molar-refractivity contribution in [2.75, 3.05) is 21.1 Å². The molecule has 0 saturated heterocycles. The van der Waals surface area contributed by atoms with Gasteiger partial charge < -0.3 is 9.59 Å². The fourth-order valence-corrected chi connectivity index (χ4v) is 4.63. The molecular weight excluding hydrogens is 282 g/mol. The van der Waals surface area contributed by atoms with Crippen molar-refractivity contribution in [3.63, 3.8) is 0 Å². The van der Waals surface area contributed by atoms with Crippen molar-refractivity contribution in [3.8, 4) is 0 Å². The van der Waals surface area contributed by atoms with Gasteiger partial charge in [-0.2, -0.15) is 8.42 Å². The Morgan fingerprint density at radius 3 is 1.85 bits per heavy atom. The van der Waals surface area contributed by atoms with E-state index in [-0.39, 0.29) is 10.9 Å². The first-order valence-electron chi connectivity index (χ1n) is 6.25. The number of aliphatic carboxylic acids is 1. The molecule has 0 saturated carbocycles. The molecule has 0 aliphatic heterocycles. The summed E-state index contributed by atoms with van der Waals surface area (Å²) in [6.45, 7) is 8.34. The molecule has 2 N–H and O–H groups in total. The van der Waals surface area contributed by atoms with E-state index in [4.69, 9.17) is 0 Å². The van der Waals surface area contributed by atoms with E-state index in [0.29, 0.717) is 0 Å². The highest BCUT2D eigenvalue weighted by Gasteiger charge is 2.64. The lowest BCUT2D eigenvalue weighted by atomic mass is 9.72. The zero-order valence-electron chi connectivity index (χ0n) is 13.0. The molecule has 0 heterocycles. The zero-order chi connectivity index (χ0) is 16.6. The molecule has 20 heavy (non-hydrogen) atoms. The van der Waals surface area contributed by atoms with E-state index >= 15 is 0 Å². The lowest BCUT2D eigenvalue weighted by Gasteiger charge is -2.48. The highest BCUT2D eigenvalue weighted by atomic mass is 32.2. The van der Waals surface area contributed by atoms with Crippen LogP contribution in [0.25, 0.3) is 0 Å². The zero-order valence-corrected chi connectivity index (χ0v) is 13.9. The smallest absolute Gasteiger partial charge is 0.364 e. The van der Waals surface area contributed by atoms with Gasteiger partial charge in [-0.25, -0.2) is 4.79 Å². The Kier molecular flexibility index (Phi) is 5.21. The number of rotatable bonds is 6. The third kappa shape index (κ3) is 3.21. The quantitative estimate of drug-likeness (QED) is 0.439. The number of nitrogens with zero attached hydrogens (tertiary/aromatic N) is 1. The Hall–Kier alpha value is -0.920. The third-order valence-electron chi connectivity index (χ3n) is 3.63. The fraction of sp³-hybridized carbons (Fsp3) is 0.769. The van der Waals surface area contributed by atoms with Crippen molar-refractivity contribution < 1.29 is 27.4 Å². The lowest BCUT2D eigenvalue weighted by Crippen LogP contribution is -2.69. The Balaban J connectivity index is 6.67. The predicted octanol–water partition coefficient (Wildman–Crippen LogP) is 1.39.